The molecule has 1 aliphatic heterocycles. The van der Waals surface area contributed by atoms with E-state index < -0.39 is 16.0 Å². The average Bonchev–Trinajstić information content (AvgIpc) is 2.36. The molecule has 0 spiro atoms. The van der Waals surface area contributed by atoms with Gasteiger partial charge in [-0.2, -0.15) is 0 Å². The molecular formula is C11H13NO6S. The highest BCUT2D eigenvalue weighted by Gasteiger charge is 2.27. The maximum absolute atomic E-state index is 11.7. The second-order valence-electron chi connectivity index (χ2n) is 4.05. The van der Waals surface area contributed by atoms with Crippen LogP contribution in [0.3, 0.4) is 0 Å². The van der Waals surface area contributed by atoms with Gasteiger partial charge in [-0.05, 0) is 20.0 Å². The van der Waals surface area contributed by atoms with Gasteiger partial charge in [0.25, 0.3) is 0 Å². The number of hydrogen-bond acceptors (Lipinski definition) is 5. The molecule has 1 unspecified atom stereocenters. The van der Waals surface area contributed by atoms with Gasteiger partial charge in [0, 0.05) is 6.07 Å². The molecule has 0 aliphatic carbocycles. The van der Waals surface area contributed by atoms with Crippen molar-refractivity contribution in [1.82, 2.24) is 4.72 Å². The van der Waals surface area contributed by atoms with Crippen LogP contribution >= 0.6 is 0 Å². The molecule has 1 aromatic rings. The van der Waals surface area contributed by atoms with E-state index in [1.807, 2.05) is 0 Å². The van der Waals surface area contributed by atoms with E-state index in [0.29, 0.717) is 0 Å². The summed E-state index contributed by atoms with van der Waals surface area (Å²) in [6, 6.07) is 2.30. The molecule has 1 aromatic carbocycles. The standard InChI is InChI=1S/C11H13NO6S/c1-6-5-17-10-8(11(13)14)3-7(4-9(10)18-6)19(15,16)12-2/h3-4,6,12H,5H2,1-2H3,(H,13,14). The van der Waals surface area contributed by atoms with Crippen LogP contribution in [0.5, 0.6) is 11.5 Å². The second-order valence-corrected chi connectivity index (χ2v) is 5.94. The van der Waals surface area contributed by atoms with Gasteiger partial charge in [0.2, 0.25) is 10.0 Å². The molecule has 0 bridgehead atoms. The number of benzene rings is 1. The van der Waals surface area contributed by atoms with E-state index in [2.05, 4.69) is 4.72 Å². The predicted octanol–water partition coefficient (Wildman–Crippen LogP) is 0.453. The van der Waals surface area contributed by atoms with Gasteiger partial charge in [-0.15, -0.1) is 0 Å². The van der Waals surface area contributed by atoms with Gasteiger partial charge in [-0.1, -0.05) is 0 Å². The molecule has 7 nitrogen and oxygen atoms in total. The number of rotatable bonds is 3. The van der Waals surface area contributed by atoms with Crippen LogP contribution in [0.25, 0.3) is 0 Å². The Hall–Kier alpha value is -1.80. The van der Waals surface area contributed by atoms with Crippen molar-refractivity contribution in [3.63, 3.8) is 0 Å². The zero-order valence-corrected chi connectivity index (χ0v) is 11.2. The molecule has 0 fully saturated rings. The van der Waals surface area contributed by atoms with E-state index in [0.717, 1.165) is 6.07 Å². The summed E-state index contributed by atoms with van der Waals surface area (Å²) < 4.78 is 36.3. The quantitative estimate of drug-likeness (QED) is 0.837. The third-order valence-corrected chi connectivity index (χ3v) is 4.02. The Morgan fingerprint density at radius 3 is 2.74 bits per heavy atom. The van der Waals surface area contributed by atoms with E-state index in [-0.39, 0.29) is 34.7 Å². The highest BCUT2D eigenvalue weighted by molar-refractivity contribution is 7.89. The zero-order valence-electron chi connectivity index (χ0n) is 10.3. The Morgan fingerprint density at radius 1 is 1.47 bits per heavy atom. The Labute approximate surface area is 110 Å². The van der Waals surface area contributed by atoms with Crippen molar-refractivity contribution < 1.29 is 27.8 Å². The van der Waals surface area contributed by atoms with E-state index in [1.165, 1.54) is 13.1 Å². The molecule has 2 rings (SSSR count). The van der Waals surface area contributed by atoms with Gasteiger partial charge >= 0.3 is 5.97 Å². The summed E-state index contributed by atoms with van der Waals surface area (Å²) >= 11 is 0. The summed E-state index contributed by atoms with van der Waals surface area (Å²) in [6.07, 6.45) is -0.276. The van der Waals surface area contributed by atoms with Crippen molar-refractivity contribution in [2.75, 3.05) is 13.7 Å². The Morgan fingerprint density at radius 2 is 2.16 bits per heavy atom. The van der Waals surface area contributed by atoms with Gasteiger partial charge < -0.3 is 14.6 Å². The molecule has 104 valence electrons. The maximum atomic E-state index is 11.7. The molecule has 0 saturated carbocycles. The smallest absolute Gasteiger partial charge is 0.339 e. The van der Waals surface area contributed by atoms with Crippen molar-refractivity contribution >= 4 is 16.0 Å². The molecule has 1 atom stereocenters. The average molecular weight is 287 g/mol. The summed E-state index contributed by atoms with van der Waals surface area (Å²) in [6.45, 7) is 1.95. The number of fused-ring (bicyclic) bond motifs is 1. The summed E-state index contributed by atoms with van der Waals surface area (Å²) in [5.41, 5.74) is -0.238. The first kappa shape index (κ1) is 13.6. The minimum atomic E-state index is -3.75. The first-order valence-electron chi connectivity index (χ1n) is 5.49. The predicted molar refractivity (Wildman–Crippen MR) is 65.2 cm³/mol. The zero-order chi connectivity index (χ0) is 14.2. The monoisotopic (exact) mass is 287 g/mol. The van der Waals surface area contributed by atoms with Gasteiger partial charge in [0.1, 0.15) is 18.3 Å². The first-order chi connectivity index (χ1) is 8.85. The minimum absolute atomic E-state index is 0.0562. The Balaban J connectivity index is 2.65. The van der Waals surface area contributed by atoms with E-state index in [1.54, 1.807) is 6.92 Å². The van der Waals surface area contributed by atoms with Gasteiger partial charge in [-0.3, -0.25) is 0 Å². The Bertz CT molecular complexity index is 624. The van der Waals surface area contributed by atoms with Crippen LogP contribution in [0.1, 0.15) is 17.3 Å². The number of carboxylic acid groups (broad SMARTS) is 1. The van der Waals surface area contributed by atoms with Crippen LogP contribution in [0, 0.1) is 0 Å². The van der Waals surface area contributed by atoms with Crippen molar-refractivity contribution in [2.45, 2.75) is 17.9 Å². The van der Waals surface area contributed by atoms with Crippen molar-refractivity contribution in [3.05, 3.63) is 17.7 Å². The van der Waals surface area contributed by atoms with Crippen LogP contribution in [0.4, 0.5) is 0 Å². The largest absolute Gasteiger partial charge is 0.485 e. The SMILES string of the molecule is CNS(=O)(=O)c1cc2c(c(C(=O)O)c1)OCC(C)O2. The number of carbonyl (C=O) groups is 1. The molecule has 0 amide bonds. The van der Waals surface area contributed by atoms with Crippen LogP contribution in [-0.4, -0.2) is 39.3 Å². The maximum Gasteiger partial charge on any atom is 0.339 e. The third-order valence-electron chi connectivity index (χ3n) is 2.63. The minimum Gasteiger partial charge on any atom is -0.485 e. The lowest BCUT2D eigenvalue weighted by Gasteiger charge is -2.25. The highest BCUT2D eigenvalue weighted by atomic mass is 32.2. The highest BCUT2D eigenvalue weighted by Crippen LogP contribution is 2.37. The summed E-state index contributed by atoms with van der Waals surface area (Å²) in [7, 11) is -2.51. The van der Waals surface area contributed by atoms with E-state index in [9.17, 15) is 13.2 Å². The van der Waals surface area contributed by atoms with Crippen molar-refractivity contribution in [2.24, 2.45) is 0 Å². The lowest BCUT2D eigenvalue weighted by Crippen LogP contribution is -2.28. The molecule has 0 saturated heterocycles. The molecule has 19 heavy (non-hydrogen) atoms. The number of carboxylic acids is 1. The fourth-order valence-corrected chi connectivity index (χ4v) is 2.47. The Kier molecular flexibility index (Phi) is 3.38. The lowest BCUT2D eigenvalue weighted by atomic mass is 10.1. The molecule has 1 heterocycles. The van der Waals surface area contributed by atoms with Crippen LogP contribution in [0.2, 0.25) is 0 Å². The lowest BCUT2D eigenvalue weighted by molar-refractivity contribution is 0.0669. The van der Waals surface area contributed by atoms with Crippen molar-refractivity contribution in [3.8, 4) is 11.5 Å². The molecule has 2 N–H and O–H groups in total. The van der Waals surface area contributed by atoms with Crippen LogP contribution in [0.15, 0.2) is 17.0 Å². The number of sulfonamides is 1. The molecule has 0 aromatic heterocycles. The third kappa shape index (κ3) is 2.49. The topological polar surface area (TPSA) is 102 Å². The van der Waals surface area contributed by atoms with Gasteiger partial charge in [0.15, 0.2) is 11.5 Å². The number of aromatic carboxylic acids is 1. The van der Waals surface area contributed by atoms with E-state index in [4.69, 9.17) is 14.6 Å². The summed E-state index contributed by atoms with van der Waals surface area (Å²) in [5, 5.41) is 9.12. The van der Waals surface area contributed by atoms with Gasteiger partial charge in [-0.25, -0.2) is 17.9 Å². The van der Waals surface area contributed by atoms with Crippen molar-refractivity contribution in [1.29, 1.82) is 0 Å². The fraction of sp³-hybridized carbons (Fsp3) is 0.364. The molecule has 1 aliphatic rings. The second kappa shape index (κ2) is 4.71. The van der Waals surface area contributed by atoms with Crippen LogP contribution in [-0.2, 0) is 10.0 Å². The first-order valence-corrected chi connectivity index (χ1v) is 6.98. The summed E-state index contributed by atoms with van der Waals surface area (Å²) in [5.74, 6) is -1.10. The van der Waals surface area contributed by atoms with Crippen LogP contribution < -0.4 is 14.2 Å². The number of hydrogen-bond donors (Lipinski definition) is 2. The summed E-state index contributed by atoms with van der Waals surface area (Å²) in [4.78, 5) is 11.0. The van der Waals surface area contributed by atoms with Gasteiger partial charge in [0.05, 0.1) is 4.90 Å². The molecular weight excluding hydrogens is 274 g/mol. The molecule has 8 heteroatoms. The normalized spacial score (nSPS) is 18.1. The fourth-order valence-electron chi connectivity index (χ4n) is 1.70. The number of nitrogens with one attached hydrogen (secondary N) is 1. The number of ether oxygens (including phenoxy) is 2. The van der Waals surface area contributed by atoms with E-state index >= 15 is 0 Å². The molecule has 0 radical (unpaired) electrons.